The summed E-state index contributed by atoms with van der Waals surface area (Å²) in [7, 11) is 1.50. The van der Waals surface area contributed by atoms with Crippen molar-refractivity contribution in [2.24, 2.45) is 0 Å². The number of nitrogens with two attached hydrogens (primary N) is 1. The first-order valence-corrected chi connectivity index (χ1v) is 4.22. The van der Waals surface area contributed by atoms with E-state index in [1.807, 2.05) is 0 Å². The van der Waals surface area contributed by atoms with Gasteiger partial charge in [-0.15, -0.1) is 5.10 Å². The molecule has 68 valence electrons. The Hall–Kier alpha value is -1.37. The minimum atomic E-state index is 0.142. The lowest BCUT2D eigenvalue weighted by Gasteiger charge is -2.01. The van der Waals surface area contributed by atoms with E-state index in [2.05, 4.69) is 31.0 Å². The van der Waals surface area contributed by atoms with Crippen molar-refractivity contribution >= 4 is 27.5 Å². The van der Waals surface area contributed by atoms with E-state index in [4.69, 9.17) is 10.5 Å². The molecular formula is C6H6BrN5O. The zero-order valence-corrected chi connectivity index (χ0v) is 8.32. The molecular weight excluding hydrogens is 238 g/mol. The van der Waals surface area contributed by atoms with Gasteiger partial charge < -0.3 is 10.5 Å². The molecule has 0 fully saturated rings. The second-order valence-electron chi connectivity index (χ2n) is 2.30. The van der Waals surface area contributed by atoms with E-state index in [1.54, 1.807) is 6.20 Å². The van der Waals surface area contributed by atoms with Gasteiger partial charge in [0.25, 0.3) is 5.88 Å². The second kappa shape index (κ2) is 2.84. The highest BCUT2D eigenvalue weighted by molar-refractivity contribution is 9.10. The Kier molecular flexibility index (Phi) is 1.80. The van der Waals surface area contributed by atoms with Gasteiger partial charge in [-0.25, -0.2) is 4.98 Å². The number of hydrogen-bond donors (Lipinski definition) is 1. The van der Waals surface area contributed by atoms with Crippen molar-refractivity contribution in [2.75, 3.05) is 12.8 Å². The Morgan fingerprint density at radius 2 is 2.38 bits per heavy atom. The van der Waals surface area contributed by atoms with Gasteiger partial charge in [-0.2, -0.15) is 9.50 Å². The highest BCUT2D eigenvalue weighted by atomic mass is 79.9. The highest BCUT2D eigenvalue weighted by Gasteiger charge is 2.09. The third-order valence-electron chi connectivity index (χ3n) is 1.50. The van der Waals surface area contributed by atoms with Crippen molar-refractivity contribution in [1.29, 1.82) is 0 Å². The van der Waals surface area contributed by atoms with Crippen LogP contribution in [0, 0.1) is 0 Å². The van der Waals surface area contributed by atoms with Crippen molar-refractivity contribution in [3.63, 3.8) is 0 Å². The zero-order valence-electron chi connectivity index (χ0n) is 6.73. The van der Waals surface area contributed by atoms with Gasteiger partial charge in [0.15, 0.2) is 0 Å². The normalized spacial score (nSPS) is 10.6. The van der Waals surface area contributed by atoms with Crippen LogP contribution in [0.1, 0.15) is 0 Å². The predicted molar refractivity (Wildman–Crippen MR) is 49.4 cm³/mol. The molecule has 13 heavy (non-hydrogen) atoms. The minimum Gasteiger partial charge on any atom is -0.478 e. The van der Waals surface area contributed by atoms with Crippen LogP contribution in [0.5, 0.6) is 5.88 Å². The fraction of sp³-hybridized carbons (Fsp3) is 0.167. The average Bonchev–Trinajstić information content (AvgIpc) is 2.47. The van der Waals surface area contributed by atoms with Gasteiger partial charge >= 0.3 is 0 Å². The number of aromatic nitrogens is 4. The van der Waals surface area contributed by atoms with E-state index in [0.717, 1.165) is 0 Å². The summed E-state index contributed by atoms with van der Waals surface area (Å²) in [6.07, 6.45) is 1.60. The Morgan fingerprint density at radius 3 is 3.08 bits per heavy atom. The van der Waals surface area contributed by atoms with E-state index < -0.39 is 0 Å². The first-order valence-electron chi connectivity index (χ1n) is 3.43. The van der Waals surface area contributed by atoms with Crippen molar-refractivity contribution in [3.05, 3.63) is 10.8 Å². The van der Waals surface area contributed by atoms with Gasteiger partial charge in [-0.3, -0.25) is 0 Å². The number of hydrogen-bond acceptors (Lipinski definition) is 5. The minimum absolute atomic E-state index is 0.142. The van der Waals surface area contributed by atoms with E-state index in [9.17, 15) is 0 Å². The molecule has 0 spiro atoms. The average molecular weight is 244 g/mol. The van der Waals surface area contributed by atoms with Gasteiger partial charge in [0.05, 0.1) is 13.3 Å². The van der Waals surface area contributed by atoms with Crippen LogP contribution in [-0.4, -0.2) is 26.7 Å². The molecule has 0 unspecified atom stereocenters. The van der Waals surface area contributed by atoms with Gasteiger partial charge in [-0.1, -0.05) is 0 Å². The van der Waals surface area contributed by atoms with Gasteiger partial charge in [0.2, 0.25) is 11.6 Å². The van der Waals surface area contributed by atoms with E-state index in [-0.39, 0.29) is 5.95 Å². The van der Waals surface area contributed by atoms with Gasteiger partial charge in [-0.05, 0) is 15.9 Å². The molecule has 6 nitrogen and oxygen atoms in total. The van der Waals surface area contributed by atoms with Crippen molar-refractivity contribution in [1.82, 2.24) is 19.6 Å². The Morgan fingerprint density at radius 1 is 1.62 bits per heavy atom. The van der Waals surface area contributed by atoms with Gasteiger partial charge in [0.1, 0.15) is 4.60 Å². The number of ether oxygens (including phenoxy) is 1. The lowest BCUT2D eigenvalue weighted by Crippen LogP contribution is -2.04. The summed E-state index contributed by atoms with van der Waals surface area (Å²) in [5.41, 5.74) is 5.99. The maximum absolute atomic E-state index is 5.46. The maximum Gasteiger partial charge on any atom is 0.262 e. The smallest absolute Gasteiger partial charge is 0.262 e. The monoisotopic (exact) mass is 243 g/mol. The first-order chi connectivity index (χ1) is 6.22. The summed E-state index contributed by atoms with van der Waals surface area (Å²) in [6.45, 7) is 0. The molecule has 2 N–H and O–H groups in total. The molecule has 0 radical (unpaired) electrons. The molecule has 0 bridgehead atoms. The summed E-state index contributed by atoms with van der Waals surface area (Å²) in [5.74, 6) is 0.501. The van der Waals surface area contributed by atoms with Crippen molar-refractivity contribution in [2.45, 2.75) is 0 Å². The quantitative estimate of drug-likeness (QED) is 0.789. The molecule has 2 aromatic heterocycles. The topological polar surface area (TPSA) is 78.3 Å². The van der Waals surface area contributed by atoms with Crippen molar-refractivity contribution in [3.8, 4) is 5.88 Å². The Balaban J connectivity index is 2.84. The summed E-state index contributed by atoms with van der Waals surface area (Å²) >= 11 is 3.26. The Bertz CT molecular complexity index is 453. The zero-order chi connectivity index (χ0) is 9.42. The summed E-state index contributed by atoms with van der Waals surface area (Å²) in [5, 5.41) is 3.94. The first kappa shape index (κ1) is 8.24. The SMILES string of the molecule is COc1nc(N)nn2c(Br)cnc12. The molecule has 0 aliphatic rings. The van der Waals surface area contributed by atoms with Crippen LogP contribution < -0.4 is 10.5 Å². The van der Waals surface area contributed by atoms with Crippen LogP contribution >= 0.6 is 15.9 Å². The largest absolute Gasteiger partial charge is 0.478 e. The van der Waals surface area contributed by atoms with E-state index in [0.29, 0.717) is 16.1 Å². The molecule has 0 amide bonds. The second-order valence-corrected chi connectivity index (χ2v) is 3.11. The lowest BCUT2D eigenvalue weighted by atomic mass is 10.7. The van der Waals surface area contributed by atoms with E-state index >= 15 is 0 Å². The number of imidazole rings is 1. The highest BCUT2D eigenvalue weighted by Crippen LogP contribution is 2.19. The van der Waals surface area contributed by atoms with Crippen LogP contribution in [0.25, 0.3) is 5.65 Å². The molecule has 2 heterocycles. The van der Waals surface area contributed by atoms with Crippen LogP contribution in [0.2, 0.25) is 0 Å². The maximum atomic E-state index is 5.46. The van der Waals surface area contributed by atoms with Gasteiger partial charge in [0, 0.05) is 0 Å². The number of halogens is 1. The number of fused-ring (bicyclic) bond motifs is 1. The summed E-state index contributed by atoms with van der Waals surface area (Å²) < 4.78 is 7.20. The molecule has 0 saturated carbocycles. The number of rotatable bonds is 1. The molecule has 0 aliphatic heterocycles. The summed E-state index contributed by atoms with van der Waals surface area (Å²) in [6, 6.07) is 0. The molecule has 0 atom stereocenters. The fourth-order valence-corrected chi connectivity index (χ4v) is 1.33. The molecule has 2 rings (SSSR count). The standard InChI is InChI=1S/C6H6BrN5O/c1-13-5-4-9-2-3(7)12(4)11-6(8)10-5/h2H,1H3,(H2,8,11). The molecule has 2 aromatic rings. The van der Waals surface area contributed by atoms with Crippen LogP contribution in [-0.2, 0) is 0 Å². The molecule has 0 saturated heterocycles. The third kappa shape index (κ3) is 1.21. The third-order valence-corrected chi connectivity index (χ3v) is 2.04. The van der Waals surface area contributed by atoms with Crippen LogP contribution in [0.3, 0.4) is 0 Å². The van der Waals surface area contributed by atoms with Crippen LogP contribution in [0.15, 0.2) is 10.8 Å². The predicted octanol–water partition coefficient (Wildman–Crippen LogP) is 0.478. The molecule has 0 aromatic carbocycles. The number of nitrogen functional groups attached to an aromatic ring is 1. The van der Waals surface area contributed by atoms with Crippen LogP contribution in [0.4, 0.5) is 5.95 Å². The fourth-order valence-electron chi connectivity index (χ4n) is 0.982. The molecule has 0 aliphatic carbocycles. The Labute approximate surface area is 81.9 Å². The number of anilines is 1. The lowest BCUT2D eigenvalue weighted by molar-refractivity contribution is 0.399. The summed E-state index contributed by atoms with van der Waals surface area (Å²) in [4.78, 5) is 7.91. The van der Waals surface area contributed by atoms with E-state index in [1.165, 1.54) is 11.6 Å². The number of methoxy groups -OCH3 is 1. The number of nitrogens with zero attached hydrogens (tertiary/aromatic N) is 4. The van der Waals surface area contributed by atoms with Crippen molar-refractivity contribution < 1.29 is 4.74 Å². The molecule has 7 heteroatoms.